The Kier molecular flexibility index (Phi) is 8.18. The van der Waals surface area contributed by atoms with E-state index in [9.17, 15) is 0 Å². The molecular formula is C40H34N2OPtS. The van der Waals surface area contributed by atoms with Crippen molar-refractivity contribution >= 4 is 42.4 Å². The van der Waals surface area contributed by atoms with Crippen LogP contribution in [0.5, 0.6) is 11.6 Å². The van der Waals surface area contributed by atoms with Crippen molar-refractivity contribution in [3.8, 4) is 34.0 Å². The van der Waals surface area contributed by atoms with E-state index in [0.717, 1.165) is 47.9 Å². The molecule has 226 valence electrons. The Labute approximate surface area is 283 Å². The van der Waals surface area contributed by atoms with Crippen molar-refractivity contribution in [1.82, 2.24) is 9.97 Å². The standard InChI is InChI=1S/C40H34N2OS.Pt/c1-39(2,3)27-16-12-15-26(21-27)33-22-28(40(4,5)6)23-35(42-33)43-34-24-32-36-38(44-37(32)31-18-11-10-17-30(31)34)29(19-20-41-36)25-13-8-7-9-14-25;/h7-14,16-23H,1-6H3;/q-2;+2. The first-order valence-electron chi connectivity index (χ1n) is 15.0. The molecule has 0 atom stereocenters. The van der Waals surface area contributed by atoms with Gasteiger partial charge in [-0.2, -0.15) is 11.3 Å². The van der Waals surface area contributed by atoms with Crippen molar-refractivity contribution < 1.29 is 25.8 Å². The summed E-state index contributed by atoms with van der Waals surface area (Å²) in [7, 11) is 0. The van der Waals surface area contributed by atoms with Gasteiger partial charge in [0.15, 0.2) is 0 Å². The fourth-order valence-electron chi connectivity index (χ4n) is 5.60. The molecule has 0 N–H and O–H groups in total. The molecule has 0 aliphatic carbocycles. The van der Waals surface area contributed by atoms with Crippen molar-refractivity contribution in [3.05, 3.63) is 120 Å². The van der Waals surface area contributed by atoms with Crippen molar-refractivity contribution in [2.75, 3.05) is 0 Å². The van der Waals surface area contributed by atoms with Gasteiger partial charge in [-0.3, -0.25) is 4.98 Å². The summed E-state index contributed by atoms with van der Waals surface area (Å²) in [5.41, 5.74) is 7.40. The smallest absolute Gasteiger partial charge is 0.459 e. The second kappa shape index (κ2) is 11.8. The van der Waals surface area contributed by atoms with Crippen LogP contribution >= 0.6 is 11.3 Å². The molecule has 7 aromatic rings. The summed E-state index contributed by atoms with van der Waals surface area (Å²) in [6.45, 7) is 13.3. The average molecular weight is 786 g/mol. The number of hydrogen-bond acceptors (Lipinski definition) is 4. The van der Waals surface area contributed by atoms with E-state index in [0.29, 0.717) is 11.6 Å². The van der Waals surface area contributed by atoms with Gasteiger partial charge in [-0.25, -0.2) is 0 Å². The maximum Gasteiger partial charge on any atom is 2.00 e. The van der Waals surface area contributed by atoms with Crippen LogP contribution in [-0.2, 0) is 31.9 Å². The van der Waals surface area contributed by atoms with E-state index < -0.39 is 0 Å². The number of fused-ring (bicyclic) bond motifs is 5. The molecule has 0 bridgehead atoms. The van der Waals surface area contributed by atoms with Crippen LogP contribution in [0, 0.1) is 12.1 Å². The van der Waals surface area contributed by atoms with Crippen LogP contribution in [-0.4, -0.2) is 9.97 Å². The van der Waals surface area contributed by atoms with Gasteiger partial charge in [0.2, 0.25) is 5.88 Å². The monoisotopic (exact) mass is 785 g/mol. The van der Waals surface area contributed by atoms with Crippen LogP contribution in [0.4, 0.5) is 0 Å². The van der Waals surface area contributed by atoms with Crippen molar-refractivity contribution in [1.29, 1.82) is 0 Å². The molecule has 7 rings (SSSR count). The van der Waals surface area contributed by atoms with Crippen LogP contribution in [0.2, 0.25) is 0 Å². The first-order valence-corrected chi connectivity index (χ1v) is 15.8. The Morgan fingerprint density at radius 2 is 1.44 bits per heavy atom. The predicted molar refractivity (Wildman–Crippen MR) is 185 cm³/mol. The zero-order valence-corrected chi connectivity index (χ0v) is 29.4. The van der Waals surface area contributed by atoms with Gasteiger partial charge in [-0.15, -0.1) is 40.8 Å². The molecule has 0 aliphatic rings. The maximum atomic E-state index is 6.72. The minimum Gasteiger partial charge on any atom is -0.459 e. The van der Waals surface area contributed by atoms with Gasteiger partial charge in [-0.1, -0.05) is 119 Å². The predicted octanol–water partition coefficient (Wildman–Crippen LogP) is 11.3. The minimum absolute atomic E-state index is 0. The number of benzene rings is 4. The van der Waals surface area contributed by atoms with E-state index >= 15 is 0 Å². The molecule has 0 radical (unpaired) electrons. The van der Waals surface area contributed by atoms with Gasteiger partial charge < -0.3 is 9.72 Å². The Morgan fingerprint density at radius 1 is 0.733 bits per heavy atom. The van der Waals surface area contributed by atoms with Crippen LogP contribution < -0.4 is 4.74 Å². The van der Waals surface area contributed by atoms with Crippen molar-refractivity contribution in [3.63, 3.8) is 0 Å². The third kappa shape index (κ3) is 5.94. The molecule has 3 heterocycles. The van der Waals surface area contributed by atoms with Gasteiger partial charge >= 0.3 is 21.1 Å². The number of hydrogen-bond donors (Lipinski definition) is 0. The second-order valence-corrected chi connectivity index (χ2v) is 14.4. The second-order valence-electron chi connectivity index (χ2n) is 13.4. The summed E-state index contributed by atoms with van der Waals surface area (Å²) < 4.78 is 9.03. The molecule has 0 saturated heterocycles. The molecule has 5 heteroatoms. The van der Waals surface area contributed by atoms with Crippen LogP contribution in [0.1, 0.15) is 52.7 Å². The molecular weight excluding hydrogens is 752 g/mol. The SMILES string of the molecule is CC(C)(C)c1cc[c-]c(-c2cc(C(C)(C)C)cc(Oc3[c-]c4c5nccc(-c6ccccc6)c5sc4c4ccccc34)n2)c1.[Pt+2]. The fourth-order valence-corrected chi connectivity index (χ4v) is 6.88. The fraction of sp³-hybridized carbons (Fsp3) is 0.200. The number of thiophene rings is 1. The minimum atomic E-state index is -0.103. The normalized spacial score (nSPS) is 12.0. The van der Waals surface area contributed by atoms with Crippen LogP contribution in [0.15, 0.2) is 97.2 Å². The molecule has 0 saturated carbocycles. The van der Waals surface area contributed by atoms with Gasteiger partial charge in [0.25, 0.3) is 0 Å². The van der Waals surface area contributed by atoms with E-state index in [1.54, 1.807) is 11.3 Å². The maximum absolute atomic E-state index is 6.72. The zero-order valence-electron chi connectivity index (χ0n) is 26.3. The molecule has 0 unspecified atom stereocenters. The van der Waals surface area contributed by atoms with Gasteiger partial charge in [0.1, 0.15) is 0 Å². The summed E-state index contributed by atoms with van der Waals surface area (Å²) in [6, 6.07) is 38.6. The van der Waals surface area contributed by atoms with E-state index in [-0.39, 0.29) is 31.9 Å². The number of pyridine rings is 2. The Balaban J connectivity index is 0.00000357. The largest absolute Gasteiger partial charge is 2.00 e. The Hall–Kier alpha value is -3.85. The summed E-state index contributed by atoms with van der Waals surface area (Å²) >= 11 is 1.77. The molecule has 0 aliphatic heterocycles. The molecule has 0 fully saturated rings. The van der Waals surface area contributed by atoms with Crippen molar-refractivity contribution in [2.24, 2.45) is 0 Å². The summed E-state index contributed by atoms with van der Waals surface area (Å²) in [4.78, 5) is 9.88. The first kappa shape index (κ1) is 31.1. The van der Waals surface area contributed by atoms with Gasteiger partial charge in [0, 0.05) is 22.5 Å². The molecule has 0 spiro atoms. The Morgan fingerprint density at radius 3 is 2.18 bits per heavy atom. The molecule has 3 nitrogen and oxygen atoms in total. The topological polar surface area (TPSA) is 35.0 Å². The van der Waals surface area contributed by atoms with Gasteiger partial charge in [-0.05, 0) is 44.0 Å². The zero-order chi connectivity index (χ0) is 30.6. The van der Waals surface area contributed by atoms with Crippen molar-refractivity contribution in [2.45, 2.75) is 52.4 Å². The van der Waals surface area contributed by atoms with Gasteiger partial charge in [0.05, 0.1) is 5.75 Å². The molecule has 3 aromatic heterocycles. The number of ether oxygens (including phenoxy) is 1. The first-order chi connectivity index (χ1) is 21.1. The number of rotatable bonds is 4. The van der Waals surface area contributed by atoms with Crippen LogP contribution in [0.3, 0.4) is 0 Å². The van der Waals surface area contributed by atoms with E-state index in [1.807, 2.05) is 24.4 Å². The third-order valence-corrected chi connectivity index (χ3v) is 9.38. The van der Waals surface area contributed by atoms with E-state index in [4.69, 9.17) is 14.7 Å². The molecule has 0 amide bonds. The summed E-state index contributed by atoms with van der Waals surface area (Å²) in [5.74, 6) is 1.19. The van der Waals surface area contributed by atoms with E-state index in [2.05, 4.69) is 126 Å². The van der Waals surface area contributed by atoms with E-state index in [1.165, 1.54) is 16.7 Å². The quantitative estimate of drug-likeness (QED) is 0.167. The summed E-state index contributed by atoms with van der Waals surface area (Å²) in [5, 5.41) is 3.09. The Bertz CT molecular complexity index is 2170. The molecule has 45 heavy (non-hydrogen) atoms. The number of aromatic nitrogens is 2. The molecule has 4 aromatic carbocycles. The summed E-state index contributed by atoms with van der Waals surface area (Å²) in [6.07, 6.45) is 1.89. The third-order valence-electron chi connectivity index (χ3n) is 8.13. The number of nitrogens with zero attached hydrogens (tertiary/aromatic N) is 2. The average Bonchev–Trinajstić information content (AvgIpc) is 3.40. The van der Waals surface area contributed by atoms with Crippen LogP contribution in [0.25, 0.3) is 53.5 Å².